The molecule has 3 rings (SSSR count). The number of carbonyl (C=O) groups is 2. The molecular weight excluding hydrogens is 336 g/mol. The molecule has 2 amide bonds. The fourth-order valence-electron chi connectivity index (χ4n) is 3.93. The van der Waals surface area contributed by atoms with Gasteiger partial charge in [0.1, 0.15) is 0 Å². The summed E-state index contributed by atoms with van der Waals surface area (Å²) in [5.41, 5.74) is 0.775. The van der Waals surface area contributed by atoms with Crippen molar-refractivity contribution in [3.8, 4) is 0 Å². The Morgan fingerprint density at radius 1 is 0.880 bits per heavy atom. The zero-order valence-corrected chi connectivity index (χ0v) is 15.4. The number of amides is 2. The van der Waals surface area contributed by atoms with E-state index in [9.17, 15) is 9.59 Å². The van der Waals surface area contributed by atoms with Gasteiger partial charge in [0.2, 0.25) is 11.8 Å². The molecule has 2 aliphatic rings. The van der Waals surface area contributed by atoms with Crippen molar-refractivity contribution in [2.75, 3.05) is 18.4 Å². The Labute approximate surface area is 154 Å². The Kier molecular flexibility index (Phi) is 6.35. The second-order valence-corrected chi connectivity index (χ2v) is 7.72. The van der Waals surface area contributed by atoms with Crippen LogP contribution in [0.4, 0.5) is 5.69 Å². The number of nitrogens with one attached hydrogen (secondary N) is 1. The van der Waals surface area contributed by atoms with E-state index in [4.69, 9.17) is 11.6 Å². The number of likely N-dealkylation sites (tertiary alicyclic amines) is 1. The van der Waals surface area contributed by atoms with E-state index in [1.807, 2.05) is 12.1 Å². The van der Waals surface area contributed by atoms with Gasteiger partial charge in [0.25, 0.3) is 0 Å². The molecule has 1 aromatic carbocycles. The second-order valence-electron chi connectivity index (χ2n) is 7.28. The summed E-state index contributed by atoms with van der Waals surface area (Å²) < 4.78 is 0. The zero-order valence-electron chi connectivity index (χ0n) is 14.7. The highest BCUT2D eigenvalue weighted by atomic mass is 35.5. The third-order valence-electron chi connectivity index (χ3n) is 5.48. The third-order valence-corrected chi connectivity index (χ3v) is 5.73. The molecule has 0 aromatic heterocycles. The summed E-state index contributed by atoms with van der Waals surface area (Å²) in [4.78, 5) is 27.2. The summed E-state index contributed by atoms with van der Waals surface area (Å²) in [6, 6.07) is 7.17. The number of benzene rings is 1. The first-order valence-electron chi connectivity index (χ1n) is 9.49. The molecule has 0 radical (unpaired) electrons. The van der Waals surface area contributed by atoms with E-state index in [0.29, 0.717) is 10.9 Å². The van der Waals surface area contributed by atoms with Gasteiger partial charge in [-0.3, -0.25) is 9.59 Å². The zero-order chi connectivity index (χ0) is 17.6. The Morgan fingerprint density at radius 2 is 1.44 bits per heavy atom. The van der Waals surface area contributed by atoms with Gasteiger partial charge < -0.3 is 10.2 Å². The summed E-state index contributed by atoms with van der Waals surface area (Å²) in [6.45, 7) is 1.83. The summed E-state index contributed by atoms with van der Waals surface area (Å²) in [5.74, 6) is 0.489. The normalized spacial score (nSPS) is 24.4. The Hall–Kier alpha value is -1.55. The molecule has 1 saturated heterocycles. The van der Waals surface area contributed by atoms with Gasteiger partial charge in [-0.25, -0.2) is 0 Å². The molecule has 5 heteroatoms. The molecule has 2 fully saturated rings. The molecule has 1 aliphatic heterocycles. The van der Waals surface area contributed by atoms with E-state index in [-0.39, 0.29) is 17.7 Å². The predicted molar refractivity (Wildman–Crippen MR) is 101 cm³/mol. The average Bonchev–Trinajstić information content (AvgIpc) is 2.92. The van der Waals surface area contributed by atoms with Gasteiger partial charge in [-0.2, -0.15) is 0 Å². The van der Waals surface area contributed by atoms with E-state index in [2.05, 4.69) is 10.2 Å². The maximum Gasteiger partial charge on any atom is 0.227 e. The van der Waals surface area contributed by atoms with Gasteiger partial charge in [0.15, 0.2) is 0 Å². The SMILES string of the molecule is O=C(Nc1ccc(Cl)cc1)C1CCC(C(=O)N2CCCCCC2)CC1. The summed E-state index contributed by atoms with van der Waals surface area (Å²) in [7, 11) is 0. The first-order chi connectivity index (χ1) is 12.1. The minimum absolute atomic E-state index is 0.00358. The third kappa shape index (κ3) is 4.97. The number of rotatable bonds is 3. The van der Waals surface area contributed by atoms with Crippen molar-refractivity contribution >= 4 is 29.1 Å². The van der Waals surface area contributed by atoms with Gasteiger partial charge in [-0.05, 0) is 62.8 Å². The lowest BCUT2D eigenvalue weighted by atomic mass is 9.81. The molecule has 1 saturated carbocycles. The highest BCUT2D eigenvalue weighted by Crippen LogP contribution is 2.31. The molecule has 0 spiro atoms. The molecule has 1 heterocycles. The maximum atomic E-state index is 12.7. The molecule has 25 heavy (non-hydrogen) atoms. The topological polar surface area (TPSA) is 49.4 Å². The molecule has 136 valence electrons. The molecule has 1 aromatic rings. The van der Waals surface area contributed by atoms with E-state index < -0.39 is 0 Å². The monoisotopic (exact) mass is 362 g/mol. The average molecular weight is 363 g/mol. The van der Waals surface area contributed by atoms with Crippen molar-refractivity contribution in [1.29, 1.82) is 0 Å². The van der Waals surface area contributed by atoms with Gasteiger partial charge in [0.05, 0.1) is 0 Å². The Morgan fingerprint density at radius 3 is 2.04 bits per heavy atom. The van der Waals surface area contributed by atoms with Crippen LogP contribution in [0.3, 0.4) is 0 Å². The van der Waals surface area contributed by atoms with Crippen LogP contribution < -0.4 is 5.32 Å². The van der Waals surface area contributed by atoms with Gasteiger partial charge in [-0.1, -0.05) is 24.4 Å². The van der Waals surface area contributed by atoms with Crippen LogP contribution in [0.25, 0.3) is 0 Å². The number of hydrogen-bond acceptors (Lipinski definition) is 2. The van der Waals surface area contributed by atoms with Crippen molar-refractivity contribution in [3.63, 3.8) is 0 Å². The highest BCUT2D eigenvalue weighted by Gasteiger charge is 2.32. The largest absolute Gasteiger partial charge is 0.342 e. The van der Waals surface area contributed by atoms with Crippen LogP contribution in [0, 0.1) is 11.8 Å². The van der Waals surface area contributed by atoms with Crippen molar-refractivity contribution < 1.29 is 9.59 Å². The smallest absolute Gasteiger partial charge is 0.227 e. The van der Waals surface area contributed by atoms with Gasteiger partial charge in [-0.15, -0.1) is 0 Å². The molecular formula is C20H27ClN2O2. The summed E-state index contributed by atoms with van der Waals surface area (Å²) in [6.07, 6.45) is 7.98. The fraction of sp³-hybridized carbons (Fsp3) is 0.600. The van der Waals surface area contributed by atoms with Crippen LogP contribution in [0.5, 0.6) is 0 Å². The lowest BCUT2D eigenvalue weighted by Gasteiger charge is -2.31. The van der Waals surface area contributed by atoms with E-state index in [1.54, 1.807) is 12.1 Å². The number of carbonyl (C=O) groups excluding carboxylic acids is 2. The van der Waals surface area contributed by atoms with E-state index in [0.717, 1.165) is 57.3 Å². The Balaban J connectivity index is 1.48. The van der Waals surface area contributed by atoms with Crippen molar-refractivity contribution in [2.24, 2.45) is 11.8 Å². The standard InChI is InChI=1S/C20H27ClN2O2/c21-17-9-11-18(12-10-17)22-19(24)15-5-7-16(8-6-15)20(25)23-13-3-1-2-4-14-23/h9-12,15-16H,1-8,13-14H2,(H,22,24). The number of anilines is 1. The molecule has 4 nitrogen and oxygen atoms in total. The van der Waals surface area contributed by atoms with Gasteiger partial charge >= 0.3 is 0 Å². The molecule has 0 atom stereocenters. The van der Waals surface area contributed by atoms with Crippen LogP contribution >= 0.6 is 11.6 Å². The quantitative estimate of drug-likeness (QED) is 0.861. The van der Waals surface area contributed by atoms with Crippen LogP contribution in [-0.4, -0.2) is 29.8 Å². The fourth-order valence-corrected chi connectivity index (χ4v) is 4.06. The van der Waals surface area contributed by atoms with E-state index >= 15 is 0 Å². The lowest BCUT2D eigenvalue weighted by molar-refractivity contribution is -0.137. The summed E-state index contributed by atoms with van der Waals surface area (Å²) >= 11 is 5.87. The number of nitrogens with zero attached hydrogens (tertiary/aromatic N) is 1. The first-order valence-corrected chi connectivity index (χ1v) is 9.86. The molecule has 1 aliphatic carbocycles. The number of hydrogen-bond donors (Lipinski definition) is 1. The molecule has 0 bridgehead atoms. The van der Waals surface area contributed by atoms with Crippen LogP contribution in [-0.2, 0) is 9.59 Å². The second kappa shape index (κ2) is 8.70. The molecule has 0 unspecified atom stereocenters. The molecule has 1 N–H and O–H groups in total. The maximum absolute atomic E-state index is 12.7. The lowest BCUT2D eigenvalue weighted by Crippen LogP contribution is -2.39. The first kappa shape index (κ1) is 18.2. The summed E-state index contributed by atoms with van der Waals surface area (Å²) in [5, 5.41) is 3.62. The van der Waals surface area contributed by atoms with Crippen LogP contribution in [0.1, 0.15) is 51.4 Å². The van der Waals surface area contributed by atoms with Crippen molar-refractivity contribution in [1.82, 2.24) is 4.90 Å². The van der Waals surface area contributed by atoms with Crippen LogP contribution in [0.15, 0.2) is 24.3 Å². The van der Waals surface area contributed by atoms with Crippen molar-refractivity contribution in [3.05, 3.63) is 29.3 Å². The number of halogens is 1. The minimum atomic E-state index is 0.00358. The Bertz CT molecular complexity index is 586. The highest BCUT2D eigenvalue weighted by molar-refractivity contribution is 6.30. The van der Waals surface area contributed by atoms with Crippen molar-refractivity contribution in [2.45, 2.75) is 51.4 Å². The van der Waals surface area contributed by atoms with Gasteiger partial charge in [0, 0.05) is 35.6 Å². The minimum Gasteiger partial charge on any atom is -0.342 e. The van der Waals surface area contributed by atoms with E-state index in [1.165, 1.54) is 12.8 Å². The predicted octanol–water partition coefficient (Wildman–Crippen LogP) is 4.49. The van der Waals surface area contributed by atoms with Crippen LogP contribution in [0.2, 0.25) is 5.02 Å².